The van der Waals surface area contributed by atoms with Gasteiger partial charge in [0.2, 0.25) is 33.5 Å². The summed E-state index contributed by atoms with van der Waals surface area (Å²) in [5, 5.41) is 0. The Bertz CT molecular complexity index is 1110. The summed E-state index contributed by atoms with van der Waals surface area (Å²) in [5.74, 6) is -2.04. The minimum absolute atomic E-state index is 0.00177. The average Bonchev–Trinajstić information content (AvgIpc) is 3.14. The van der Waals surface area contributed by atoms with Gasteiger partial charge >= 0.3 is 0 Å². The van der Waals surface area contributed by atoms with E-state index in [-0.39, 0.29) is 46.3 Å². The number of sulfone groups is 1. The van der Waals surface area contributed by atoms with Crippen LogP contribution in [0.4, 0.5) is 11.4 Å². The molecule has 2 saturated heterocycles. The molecule has 8 nitrogen and oxygen atoms in total. The predicted octanol–water partition coefficient (Wildman–Crippen LogP) is 2.32. The van der Waals surface area contributed by atoms with E-state index in [4.69, 9.17) is 0 Å². The summed E-state index contributed by atoms with van der Waals surface area (Å²) in [6.45, 7) is 3.35. The number of hydrogen-bond acceptors (Lipinski definition) is 6. The molecule has 0 spiro atoms. The van der Waals surface area contributed by atoms with Gasteiger partial charge in [-0.15, -0.1) is 0 Å². The lowest BCUT2D eigenvalue weighted by Gasteiger charge is -2.16. The van der Waals surface area contributed by atoms with Crippen molar-refractivity contribution < 1.29 is 27.6 Å². The molecule has 4 rings (SSSR count). The Morgan fingerprint density at radius 1 is 0.645 bits per heavy atom. The van der Waals surface area contributed by atoms with E-state index in [1.807, 2.05) is 0 Å². The van der Waals surface area contributed by atoms with E-state index < -0.39 is 21.7 Å². The molecule has 0 aromatic heterocycles. The number of amides is 4. The fourth-order valence-electron chi connectivity index (χ4n) is 3.79. The molecule has 2 aromatic carbocycles. The van der Waals surface area contributed by atoms with Crippen LogP contribution in [-0.4, -0.2) is 32.0 Å². The lowest BCUT2D eigenvalue weighted by molar-refractivity contribution is -0.123. The first-order valence-electron chi connectivity index (χ1n) is 9.80. The summed E-state index contributed by atoms with van der Waals surface area (Å²) >= 11 is 0. The maximum Gasteiger partial charge on any atom is 0.237 e. The molecule has 4 amide bonds. The van der Waals surface area contributed by atoms with E-state index in [0.717, 1.165) is 9.80 Å². The van der Waals surface area contributed by atoms with Crippen LogP contribution in [0.1, 0.15) is 26.7 Å². The fraction of sp³-hybridized carbons (Fsp3) is 0.273. The van der Waals surface area contributed by atoms with Crippen molar-refractivity contribution in [3.8, 4) is 0 Å². The van der Waals surface area contributed by atoms with Crippen molar-refractivity contribution in [1.29, 1.82) is 0 Å². The van der Waals surface area contributed by atoms with Crippen LogP contribution < -0.4 is 9.80 Å². The van der Waals surface area contributed by atoms with Gasteiger partial charge < -0.3 is 0 Å². The Balaban J connectivity index is 1.59. The SMILES string of the molecule is CC1CC(=O)N(c2ccc(S(=O)(=O)c3ccc(N4C(=O)CC(C)C4=O)cc3)cc2)C1=O. The van der Waals surface area contributed by atoms with Gasteiger partial charge in [-0.2, -0.15) is 0 Å². The summed E-state index contributed by atoms with van der Waals surface area (Å²) in [6.07, 6.45) is 0.262. The monoisotopic (exact) mass is 440 g/mol. The third-order valence-electron chi connectivity index (χ3n) is 5.55. The van der Waals surface area contributed by atoms with Gasteiger partial charge in [0.15, 0.2) is 0 Å². The molecule has 160 valence electrons. The number of imide groups is 2. The zero-order chi connectivity index (χ0) is 22.5. The molecule has 2 aromatic rings. The van der Waals surface area contributed by atoms with Crippen molar-refractivity contribution in [1.82, 2.24) is 0 Å². The molecule has 0 aliphatic carbocycles. The highest BCUT2D eigenvalue weighted by molar-refractivity contribution is 7.91. The van der Waals surface area contributed by atoms with Crippen LogP contribution in [0.5, 0.6) is 0 Å². The number of nitrogens with zero attached hydrogens (tertiary/aromatic N) is 2. The quantitative estimate of drug-likeness (QED) is 0.675. The van der Waals surface area contributed by atoms with Crippen molar-refractivity contribution in [3.63, 3.8) is 0 Å². The smallest absolute Gasteiger partial charge is 0.237 e. The molecule has 2 heterocycles. The summed E-state index contributed by atoms with van der Waals surface area (Å²) in [5.41, 5.74) is 0.655. The molecule has 31 heavy (non-hydrogen) atoms. The van der Waals surface area contributed by atoms with E-state index in [9.17, 15) is 27.6 Å². The van der Waals surface area contributed by atoms with Crippen LogP contribution in [0, 0.1) is 11.8 Å². The van der Waals surface area contributed by atoms with E-state index in [1.54, 1.807) is 13.8 Å². The summed E-state index contributed by atoms with van der Waals surface area (Å²) in [4.78, 5) is 50.5. The molecule has 2 atom stereocenters. The molecule has 2 fully saturated rings. The Labute approximate surface area is 179 Å². The highest BCUT2D eigenvalue weighted by atomic mass is 32.2. The zero-order valence-electron chi connectivity index (χ0n) is 16.9. The van der Waals surface area contributed by atoms with Gasteiger partial charge in [0.05, 0.1) is 21.2 Å². The maximum absolute atomic E-state index is 13.0. The van der Waals surface area contributed by atoms with Crippen LogP contribution in [0.2, 0.25) is 0 Å². The average molecular weight is 440 g/mol. The number of hydrogen-bond donors (Lipinski definition) is 0. The first-order valence-corrected chi connectivity index (χ1v) is 11.3. The molecule has 9 heteroatoms. The first-order chi connectivity index (χ1) is 14.6. The van der Waals surface area contributed by atoms with Crippen molar-refractivity contribution in [2.24, 2.45) is 11.8 Å². The molecular weight excluding hydrogens is 420 g/mol. The van der Waals surface area contributed by atoms with Crippen molar-refractivity contribution in [3.05, 3.63) is 48.5 Å². The second-order valence-corrected chi connectivity index (χ2v) is 9.79. The Morgan fingerprint density at radius 3 is 1.23 bits per heavy atom. The number of carbonyl (C=O) groups excluding carboxylic acids is 4. The number of rotatable bonds is 4. The van der Waals surface area contributed by atoms with Crippen LogP contribution in [0.3, 0.4) is 0 Å². The molecule has 0 saturated carbocycles. The van der Waals surface area contributed by atoms with Crippen LogP contribution in [0.25, 0.3) is 0 Å². The van der Waals surface area contributed by atoms with E-state index >= 15 is 0 Å². The summed E-state index contributed by atoms with van der Waals surface area (Å²) < 4.78 is 25.9. The first kappa shape index (κ1) is 20.9. The van der Waals surface area contributed by atoms with Crippen molar-refractivity contribution in [2.75, 3.05) is 9.80 Å². The minimum Gasteiger partial charge on any atom is -0.274 e. The molecule has 2 unspecified atom stereocenters. The molecular formula is C22H20N2O6S. The molecule has 2 aliphatic heterocycles. The third-order valence-corrected chi connectivity index (χ3v) is 7.34. The second-order valence-electron chi connectivity index (χ2n) is 7.84. The van der Waals surface area contributed by atoms with Crippen LogP contribution >= 0.6 is 0 Å². The molecule has 2 aliphatic rings. The van der Waals surface area contributed by atoms with Gasteiger partial charge in [-0.25, -0.2) is 8.42 Å². The van der Waals surface area contributed by atoms with E-state index in [1.165, 1.54) is 48.5 Å². The predicted molar refractivity (Wildman–Crippen MR) is 111 cm³/mol. The highest BCUT2D eigenvalue weighted by Gasteiger charge is 2.37. The molecule has 0 N–H and O–H groups in total. The van der Waals surface area contributed by atoms with Gasteiger partial charge in [0.1, 0.15) is 0 Å². The Kier molecular flexibility index (Phi) is 5.01. The van der Waals surface area contributed by atoms with Gasteiger partial charge in [0, 0.05) is 24.7 Å². The number of benzene rings is 2. The van der Waals surface area contributed by atoms with Crippen molar-refractivity contribution >= 4 is 44.8 Å². The topological polar surface area (TPSA) is 109 Å². The Hall–Kier alpha value is -3.33. The van der Waals surface area contributed by atoms with Gasteiger partial charge in [-0.05, 0) is 48.5 Å². The van der Waals surface area contributed by atoms with Crippen LogP contribution in [-0.2, 0) is 29.0 Å². The van der Waals surface area contributed by atoms with Gasteiger partial charge in [0.25, 0.3) is 0 Å². The third kappa shape index (κ3) is 3.44. The lowest BCUT2D eigenvalue weighted by Crippen LogP contribution is -2.30. The standard InChI is InChI=1S/C22H20N2O6S/c1-13-11-19(25)23(21(13)27)15-3-7-17(8-4-15)31(29,30)18-9-5-16(6-10-18)24-20(26)12-14(2)22(24)28/h3-10,13-14H,11-12H2,1-2H3. The van der Waals surface area contributed by atoms with E-state index in [0.29, 0.717) is 11.4 Å². The maximum atomic E-state index is 13.0. The number of carbonyl (C=O) groups is 4. The summed E-state index contributed by atoms with van der Waals surface area (Å²) in [7, 11) is -3.87. The van der Waals surface area contributed by atoms with Gasteiger partial charge in [-0.3, -0.25) is 29.0 Å². The highest BCUT2D eigenvalue weighted by Crippen LogP contribution is 2.31. The van der Waals surface area contributed by atoms with Crippen LogP contribution in [0.15, 0.2) is 58.3 Å². The van der Waals surface area contributed by atoms with Gasteiger partial charge in [-0.1, -0.05) is 13.8 Å². The summed E-state index contributed by atoms with van der Waals surface area (Å²) in [6, 6.07) is 11.1. The zero-order valence-corrected chi connectivity index (χ0v) is 17.8. The van der Waals surface area contributed by atoms with E-state index in [2.05, 4.69) is 0 Å². The normalized spacial score (nSPS) is 22.0. The second kappa shape index (κ2) is 7.42. The molecule has 0 radical (unpaired) electrons. The largest absolute Gasteiger partial charge is 0.274 e. The van der Waals surface area contributed by atoms with Crippen molar-refractivity contribution in [2.45, 2.75) is 36.5 Å². The minimum atomic E-state index is -3.87. The fourth-order valence-corrected chi connectivity index (χ4v) is 5.06. The lowest BCUT2D eigenvalue weighted by atomic mass is 10.1. The number of anilines is 2. The molecule has 0 bridgehead atoms. The Morgan fingerprint density at radius 2 is 0.968 bits per heavy atom.